The summed E-state index contributed by atoms with van der Waals surface area (Å²) in [6.45, 7) is 0.622. The molecule has 1 aliphatic heterocycles. The number of rotatable bonds is 5. The van der Waals surface area contributed by atoms with Crippen LogP contribution in [0.15, 0.2) is 24.3 Å². The Morgan fingerprint density at radius 3 is 2.83 bits per heavy atom. The van der Waals surface area contributed by atoms with Crippen LogP contribution in [-0.4, -0.2) is 32.8 Å². The Hall–Kier alpha value is -1.36. The zero-order chi connectivity index (χ0) is 13.2. The van der Waals surface area contributed by atoms with Crippen LogP contribution in [0.4, 0.5) is 5.69 Å². The lowest BCUT2D eigenvalue weighted by atomic mass is 9.94. The highest BCUT2D eigenvalue weighted by molar-refractivity contribution is 7.90. The van der Waals surface area contributed by atoms with Gasteiger partial charge in [0, 0.05) is 24.9 Å². The van der Waals surface area contributed by atoms with E-state index >= 15 is 0 Å². The van der Waals surface area contributed by atoms with Gasteiger partial charge in [0.25, 0.3) is 0 Å². The fourth-order valence-corrected chi connectivity index (χ4v) is 2.92. The number of anilines is 1. The molecule has 0 fully saturated rings. The molecule has 0 saturated heterocycles. The zero-order valence-corrected chi connectivity index (χ0v) is 11.2. The lowest BCUT2D eigenvalue weighted by Crippen LogP contribution is -2.15. The number of Topliss-reactive ketones (excluding diaryl/α,β-unsaturated/α-hetero) is 1. The van der Waals surface area contributed by atoms with Crippen molar-refractivity contribution in [2.24, 2.45) is 0 Å². The summed E-state index contributed by atoms with van der Waals surface area (Å²) in [6.07, 6.45) is 1.94. The molecule has 0 bridgehead atoms. The maximum absolute atomic E-state index is 12.1. The lowest BCUT2D eigenvalue weighted by molar-refractivity contribution is -0.120. The first-order valence-corrected chi connectivity index (χ1v) is 8.06. The third-order valence-electron chi connectivity index (χ3n) is 3.16. The number of nitrogens with one attached hydrogen (secondary N) is 1. The van der Waals surface area contributed by atoms with Crippen molar-refractivity contribution in [3.63, 3.8) is 0 Å². The number of hydrogen-bond donors (Lipinski definition) is 1. The molecule has 1 aliphatic rings. The molecule has 0 spiro atoms. The van der Waals surface area contributed by atoms with E-state index in [4.69, 9.17) is 0 Å². The molecule has 1 aromatic rings. The minimum Gasteiger partial charge on any atom is -0.384 e. The Morgan fingerprint density at radius 2 is 2.11 bits per heavy atom. The Labute approximate surface area is 107 Å². The normalized spacial score (nSPS) is 18.2. The average molecular weight is 267 g/mol. The number of para-hydroxylation sites is 1. The summed E-state index contributed by atoms with van der Waals surface area (Å²) in [5, 5.41) is 3.20. The van der Waals surface area contributed by atoms with Gasteiger partial charge >= 0.3 is 0 Å². The van der Waals surface area contributed by atoms with E-state index in [2.05, 4.69) is 5.32 Å². The fraction of sp³-hybridized carbons (Fsp3) is 0.462. The smallest absolute Gasteiger partial charge is 0.147 e. The van der Waals surface area contributed by atoms with Gasteiger partial charge < -0.3 is 5.32 Å². The van der Waals surface area contributed by atoms with E-state index in [1.807, 2.05) is 24.3 Å². The van der Waals surface area contributed by atoms with E-state index in [0.29, 0.717) is 19.4 Å². The Bertz CT molecular complexity index is 551. The summed E-state index contributed by atoms with van der Waals surface area (Å²) in [4.78, 5) is 12.1. The molecule has 0 aliphatic carbocycles. The van der Waals surface area contributed by atoms with E-state index in [1.54, 1.807) is 0 Å². The van der Waals surface area contributed by atoms with Crippen molar-refractivity contribution in [1.29, 1.82) is 0 Å². The van der Waals surface area contributed by atoms with Gasteiger partial charge in [0.2, 0.25) is 0 Å². The molecule has 0 aromatic heterocycles. The molecule has 4 nitrogen and oxygen atoms in total. The van der Waals surface area contributed by atoms with Crippen LogP contribution in [0.2, 0.25) is 0 Å². The minimum atomic E-state index is -2.97. The number of sulfone groups is 1. The van der Waals surface area contributed by atoms with Crippen molar-refractivity contribution in [2.45, 2.75) is 18.8 Å². The Morgan fingerprint density at radius 1 is 1.39 bits per heavy atom. The standard InChI is InChI=1S/C13H17NO3S/c1-18(16,17)8-4-7-13(15)11-9-14-12-6-3-2-5-10(11)12/h2-3,5-6,11,14H,4,7-9H2,1H3. The first-order chi connectivity index (χ1) is 8.47. The summed E-state index contributed by atoms with van der Waals surface area (Å²) in [5.41, 5.74) is 2.04. The number of benzene rings is 1. The van der Waals surface area contributed by atoms with Gasteiger partial charge in [-0.2, -0.15) is 0 Å². The van der Waals surface area contributed by atoms with Crippen LogP contribution in [0, 0.1) is 0 Å². The molecule has 98 valence electrons. The molecule has 5 heteroatoms. The van der Waals surface area contributed by atoms with E-state index in [9.17, 15) is 13.2 Å². The van der Waals surface area contributed by atoms with E-state index in [1.165, 1.54) is 6.26 Å². The first kappa shape index (κ1) is 13.1. The second kappa shape index (κ2) is 5.10. The summed E-state index contributed by atoms with van der Waals surface area (Å²) in [5.74, 6) is 0.0810. The predicted octanol–water partition coefficient (Wildman–Crippen LogP) is 1.59. The topological polar surface area (TPSA) is 63.2 Å². The molecule has 0 radical (unpaired) electrons. The molecular formula is C13H17NO3S. The highest BCUT2D eigenvalue weighted by Gasteiger charge is 2.27. The van der Waals surface area contributed by atoms with Crippen LogP contribution in [0.3, 0.4) is 0 Å². The van der Waals surface area contributed by atoms with Crippen LogP contribution >= 0.6 is 0 Å². The number of ketones is 1. The van der Waals surface area contributed by atoms with Gasteiger partial charge in [-0.3, -0.25) is 4.79 Å². The van der Waals surface area contributed by atoms with Crippen molar-refractivity contribution in [3.8, 4) is 0 Å². The monoisotopic (exact) mass is 267 g/mol. The Balaban J connectivity index is 1.96. The first-order valence-electron chi connectivity index (χ1n) is 6.00. The van der Waals surface area contributed by atoms with Crippen LogP contribution in [0.25, 0.3) is 0 Å². The molecule has 0 saturated carbocycles. The predicted molar refractivity (Wildman–Crippen MR) is 71.6 cm³/mol. The van der Waals surface area contributed by atoms with Gasteiger partial charge in [0.1, 0.15) is 15.6 Å². The lowest BCUT2D eigenvalue weighted by Gasteiger charge is -2.08. The summed E-state index contributed by atoms with van der Waals surface area (Å²) in [6, 6.07) is 7.76. The Kier molecular flexibility index (Phi) is 3.71. The summed E-state index contributed by atoms with van der Waals surface area (Å²) >= 11 is 0. The van der Waals surface area contributed by atoms with E-state index in [0.717, 1.165) is 11.3 Å². The number of carbonyl (C=O) groups excluding carboxylic acids is 1. The number of hydrogen-bond acceptors (Lipinski definition) is 4. The minimum absolute atomic E-state index is 0.0839. The van der Waals surface area contributed by atoms with Crippen LogP contribution in [0.5, 0.6) is 0 Å². The maximum atomic E-state index is 12.1. The number of carbonyl (C=O) groups is 1. The quantitative estimate of drug-likeness (QED) is 0.880. The number of fused-ring (bicyclic) bond motifs is 1. The molecule has 1 N–H and O–H groups in total. The SMILES string of the molecule is CS(=O)(=O)CCCC(=O)C1CNc2ccccc21. The molecule has 1 atom stereocenters. The average Bonchev–Trinajstić information content (AvgIpc) is 2.70. The van der Waals surface area contributed by atoms with Crippen molar-refractivity contribution in [2.75, 3.05) is 23.9 Å². The van der Waals surface area contributed by atoms with Crippen molar-refractivity contribution >= 4 is 21.3 Å². The molecular weight excluding hydrogens is 250 g/mol. The third kappa shape index (κ3) is 3.10. The summed E-state index contributed by atoms with van der Waals surface area (Å²) in [7, 11) is -2.97. The largest absolute Gasteiger partial charge is 0.384 e. The van der Waals surface area contributed by atoms with Gasteiger partial charge in [0.05, 0.1) is 11.7 Å². The third-order valence-corrected chi connectivity index (χ3v) is 4.19. The molecule has 1 unspecified atom stereocenters. The van der Waals surface area contributed by atoms with Crippen molar-refractivity contribution in [1.82, 2.24) is 0 Å². The second-order valence-electron chi connectivity index (χ2n) is 4.72. The maximum Gasteiger partial charge on any atom is 0.147 e. The van der Waals surface area contributed by atoms with E-state index < -0.39 is 9.84 Å². The molecule has 2 rings (SSSR count). The van der Waals surface area contributed by atoms with Crippen LogP contribution < -0.4 is 5.32 Å². The van der Waals surface area contributed by atoms with Crippen LogP contribution in [-0.2, 0) is 14.6 Å². The molecule has 18 heavy (non-hydrogen) atoms. The summed E-state index contributed by atoms with van der Waals surface area (Å²) < 4.78 is 22.0. The second-order valence-corrected chi connectivity index (χ2v) is 6.98. The molecule has 0 amide bonds. The van der Waals surface area contributed by atoms with E-state index in [-0.39, 0.29) is 17.5 Å². The molecule has 1 heterocycles. The van der Waals surface area contributed by atoms with Crippen molar-refractivity contribution in [3.05, 3.63) is 29.8 Å². The highest BCUT2D eigenvalue weighted by atomic mass is 32.2. The van der Waals surface area contributed by atoms with Crippen molar-refractivity contribution < 1.29 is 13.2 Å². The van der Waals surface area contributed by atoms with Gasteiger partial charge in [-0.1, -0.05) is 18.2 Å². The van der Waals surface area contributed by atoms with Gasteiger partial charge in [-0.05, 0) is 18.1 Å². The molecule has 1 aromatic carbocycles. The van der Waals surface area contributed by atoms with Gasteiger partial charge in [-0.15, -0.1) is 0 Å². The van der Waals surface area contributed by atoms with Crippen LogP contribution in [0.1, 0.15) is 24.3 Å². The zero-order valence-electron chi connectivity index (χ0n) is 10.3. The highest BCUT2D eigenvalue weighted by Crippen LogP contribution is 2.32. The fourth-order valence-electron chi connectivity index (χ4n) is 2.25. The van der Waals surface area contributed by atoms with Gasteiger partial charge in [-0.25, -0.2) is 8.42 Å². The van der Waals surface area contributed by atoms with Gasteiger partial charge in [0.15, 0.2) is 0 Å².